The predicted molar refractivity (Wildman–Crippen MR) is 67.6 cm³/mol. The third-order valence-electron chi connectivity index (χ3n) is 4.38. The summed E-state index contributed by atoms with van der Waals surface area (Å²) in [5.74, 6) is 0.983. The molecule has 2 aliphatic rings. The van der Waals surface area contributed by atoms with Crippen molar-refractivity contribution in [2.45, 2.75) is 69.9 Å². The summed E-state index contributed by atoms with van der Waals surface area (Å²) in [6.07, 6.45) is 10.8. The van der Waals surface area contributed by atoms with E-state index in [2.05, 4.69) is 19.3 Å². The normalized spacial score (nSPS) is 26.6. The fraction of sp³-hybridized carbons (Fsp3) is 1.00. The van der Waals surface area contributed by atoms with Crippen molar-refractivity contribution in [1.82, 2.24) is 5.32 Å². The Morgan fingerprint density at radius 3 is 2.44 bits per heavy atom. The molecule has 0 aromatic rings. The van der Waals surface area contributed by atoms with E-state index in [1.165, 1.54) is 51.4 Å². The minimum Gasteiger partial charge on any atom is -0.374 e. The highest BCUT2D eigenvalue weighted by Crippen LogP contribution is 2.41. The second-order valence-corrected chi connectivity index (χ2v) is 5.58. The van der Waals surface area contributed by atoms with Gasteiger partial charge < -0.3 is 10.1 Å². The molecule has 94 valence electrons. The maximum atomic E-state index is 6.19. The number of hydrogen-bond donors (Lipinski definition) is 1. The lowest BCUT2D eigenvalue weighted by Crippen LogP contribution is -2.53. The molecule has 2 aliphatic carbocycles. The smallest absolute Gasteiger partial charge is 0.0834 e. The Bertz CT molecular complexity index is 201. The molecule has 16 heavy (non-hydrogen) atoms. The van der Waals surface area contributed by atoms with Crippen molar-refractivity contribution >= 4 is 0 Å². The van der Waals surface area contributed by atoms with Crippen LogP contribution < -0.4 is 5.32 Å². The van der Waals surface area contributed by atoms with E-state index in [0.29, 0.717) is 6.04 Å². The van der Waals surface area contributed by atoms with Crippen LogP contribution in [0.3, 0.4) is 0 Å². The molecule has 0 aromatic carbocycles. The van der Waals surface area contributed by atoms with Crippen LogP contribution in [-0.2, 0) is 4.74 Å². The van der Waals surface area contributed by atoms with Crippen LogP contribution in [0.25, 0.3) is 0 Å². The highest BCUT2D eigenvalue weighted by atomic mass is 16.5. The first-order valence-corrected chi connectivity index (χ1v) is 7.12. The van der Waals surface area contributed by atoms with E-state index in [0.717, 1.165) is 12.5 Å². The summed E-state index contributed by atoms with van der Waals surface area (Å²) < 4.78 is 6.19. The van der Waals surface area contributed by atoms with E-state index >= 15 is 0 Å². The van der Waals surface area contributed by atoms with Gasteiger partial charge in [-0.25, -0.2) is 0 Å². The largest absolute Gasteiger partial charge is 0.374 e. The molecular weight excluding hydrogens is 198 g/mol. The van der Waals surface area contributed by atoms with Gasteiger partial charge in [0.15, 0.2) is 0 Å². The lowest BCUT2D eigenvalue weighted by molar-refractivity contribution is -0.0910. The van der Waals surface area contributed by atoms with Gasteiger partial charge in [0.05, 0.1) is 5.60 Å². The molecule has 1 N–H and O–H groups in total. The number of ether oxygens (including phenoxy) is 1. The molecule has 0 bridgehead atoms. The Labute approximate surface area is 100 Å². The SMILES string of the molecule is CCOC1(C(CC2CC2)NC)CCCCC1. The van der Waals surface area contributed by atoms with Gasteiger partial charge in [0.25, 0.3) is 0 Å². The van der Waals surface area contributed by atoms with Crippen molar-refractivity contribution in [2.75, 3.05) is 13.7 Å². The van der Waals surface area contributed by atoms with Crippen LogP contribution in [0.1, 0.15) is 58.3 Å². The van der Waals surface area contributed by atoms with Gasteiger partial charge in [0.2, 0.25) is 0 Å². The molecule has 2 fully saturated rings. The van der Waals surface area contributed by atoms with Gasteiger partial charge in [-0.05, 0) is 39.2 Å². The van der Waals surface area contributed by atoms with Gasteiger partial charge in [-0.1, -0.05) is 32.1 Å². The third kappa shape index (κ3) is 2.78. The molecule has 1 atom stereocenters. The summed E-state index contributed by atoms with van der Waals surface area (Å²) >= 11 is 0. The zero-order valence-electron chi connectivity index (χ0n) is 10.9. The molecule has 2 heteroatoms. The third-order valence-corrected chi connectivity index (χ3v) is 4.38. The minimum atomic E-state index is 0.157. The quantitative estimate of drug-likeness (QED) is 0.750. The van der Waals surface area contributed by atoms with Crippen LogP contribution in [0.15, 0.2) is 0 Å². The summed E-state index contributed by atoms with van der Waals surface area (Å²) in [5.41, 5.74) is 0.157. The summed E-state index contributed by atoms with van der Waals surface area (Å²) in [7, 11) is 2.11. The van der Waals surface area contributed by atoms with Gasteiger partial charge in [-0.3, -0.25) is 0 Å². The number of rotatable bonds is 6. The molecule has 0 radical (unpaired) electrons. The maximum Gasteiger partial charge on any atom is 0.0834 e. The Hall–Kier alpha value is -0.0800. The van der Waals surface area contributed by atoms with Crippen molar-refractivity contribution in [3.8, 4) is 0 Å². The summed E-state index contributed by atoms with van der Waals surface area (Å²) in [4.78, 5) is 0. The fourth-order valence-corrected chi connectivity index (χ4v) is 3.31. The molecule has 0 spiro atoms. The molecule has 2 saturated carbocycles. The lowest BCUT2D eigenvalue weighted by Gasteiger charge is -2.43. The summed E-state index contributed by atoms with van der Waals surface area (Å²) in [6, 6.07) is 0.584. The predicted octanol–water partition coefficient (Wildman–Crippen LogP) is 3.11. The highest BCUT2D eigenvalue weighted by molar-refractivity contribution is 4.97. The highest BCUT2D eigenvalue weighted by Gasteiger charge is 2.42. The van der Waals surface area contributed by atoms with Gasteiger partial charge >= 0.3 is 0 Å². The van der Waals surface area contributed by atoms with E-state index < -0.39 is 0 Å². The Kier molecular flexibility index (Phi) is 4.26. The standard InChI is InChI=1S/C14H27NO/c1-3-16-14(9-5-4-6-10-14)13(15-2)11-12-7-8-12/h12-13,15H,3-11H2,1-2H3. The van der Waals surface area contributed by atoms with Crippen LogP contribution in [0.2, 0.25) is 0 Å². The minimum absolute atomic E-state index is 0.157. The molecule has 2 rings (SSSR count). The van der Waals surface area contributed by atoms with Crippen LogP contribution >= 0.6 is 0 Å². The molecule has 0 aliphatic heterocycles. The van der Waals surface area contributed by atoms with Gasteiger partial charge in [0, 0.05) is 12.6 Å². The van der Waals surface area contributed by atoms with Gasteiger partial charge in [-0.2, -0.15) is 0 Å². The van der Waals surface area contributed by atoms with Gasteiger partial charge in [0.1, 0.15) is 0 Å². The van der Waals surface area contributed by atoms with E-state index in [9.17, 15) is 0 Å². The Morgan fingerprint density at radius 1 is 1.25 bits per heavy atom. The molecule has 0 saturated heterocycles. The van der Waals surface area contributed by atoms with Crippen molar-refractivity contribution < 1.29 is 4.74 Å². The molecule has 1 unspecified atom stereocenters. The van der Waals surface area contributed by atoms with Crippen molar-refractivity contribution in [3.63, 3.8) is 0 Å². The summed E-state index contributed by atoms with van der Waals surface area (Å²) in [6.45, 7) is 3.00. The van der Waals surface area contributed by atoms with Crippen LogP contribution in [0, 0.1) is 5.92 Å². The average molecular weight is 225 g/mol. The van der Waals surface area contributed by atoms with Crippen LogP contribution in [0.5, 0.6) is 0 Å². The molecule has 0 aromatic heterocycles. The average Bonchev–Trinajstić information content (AvgIpc) is 3.11. The maximum absolute atomic E-state index is 6.19. The van der Waals surface area contributed by atoms with Crippen LogP contribution in [0.4, 0.5) is 0 Å². The van der Waals surface area contributed by atoms with Crippen molar-refractivity contribution in [1.29, 1.82) is 0 Å². The van der Waals surface area contributed by atoms with E-state index in [1.54, 1.807) is 0 Å². The first-order valence-electron chi connectivity index (χ1n) is 7.12. The monoisotopic (exact) mass is 225 g/mol. The number of hydrogen-bond acceptors (Lipinski definition) is 2. The molecule has 0 amide bonds. The first-order chi connectivity index (χ1) is 7.80. The Morgan fingerprint density at radius 2 is 1.94 bits per heavy atom. The summed E-state index contributed by atoms with van der Waals surface area (Å²) in [5, 5.41) is 3.54. The fourth-order valence-electron chi connectivity index (χ4n) is 3.31. The molecule has 0 heterocycles. The Balaban J connectivity index is 2.00. The lowest BCUT2D eigenvalue weighted by atomic mass is 9.77. The van der Waals surface area contributed by atoms with E-state index in [-0.39, 0.29) is 5.60 Å². The zero-order valence-corrected chi connectivity index (χ0v) is 10.9. The number of likely N-dealkylation sites (N-methyl/N-ethyl adjacent to an activating group) is 1. The van der Waals surface area contributed by atoms with Crippen molar-refractivity contribution in [3.05, 3.63) is 0 Å². The van der Waals surface area contributed by atoms with Crippen LogP contribution in [-0.4, -0.2) is 25.3 Å². The molecular formula is C14H27NO. The van der Waals surface area contributed by atoms with Gasteiger partial charge in [-0.15, -0.1) is 0 Å². The topological polar surface area (TPSA) is 21.3 Å². The second kappa shape index (κ2) is 5.50. The van der Waals surface area contributed by atoms with Crippen molar-refractivity contribution in [2.24, 2.45) is 5.92 Å². The zero-order chi connectivity index (χ0) is 11.4. The van der Waals surface area contributed by atoms with E-state index in [4.69, 9.17) is 4.74 Å². The first kappa shape index (κ1) is 12.4. The second-order valence-electron chi connectivity index (χ2n) is 5.58. The molecule has 2 nitrogen and oxygen atoms in total. The van der Waals surface area contributed by atoms with E-state index in [1.807, 2.05) is 0 Å². The number of nitrogens with one attached hydrogen (secondary N) is 1.